The number of carbonyl (C=O) groups is 2. The Morgan fingerprint density at radius 2 is 2.00 bits per heavy atom. The number of anilines is 1. The van der Waals surface area contributed by atoms with E-state index in [-0.39, 0.29) is 45.5 Å². The van der Waals surface area contributed by atoms with Crippen LogP contribution in [0, 0.1) is 35.3 Å². The topological polar surface area (TPSA) is 135 Å². The second kappa shape index (κ2) is 9.93. The lowest BCUT2D eigenvalue weighted by molar-refractivity contribution is -0.384. The summed E-state index contributed by atoms with van der Waals surface area (Å²) in [5.74, 6) is -0.899. The van der Waals surface area contributed by atoms with Crippen molar-refractivity contribution in [3.63, 3.8) is 0 Å². The summed E-state index contributed by atoms with van der Waals surface area (Å²) in [6, 6.07) is 10.9. The van der Waals surface area contributed by atoms with Crippen LogP contribution in [0.5, 0.6) is 0 Å². The van der Waals surface area contributed by atoms with Crippen LogP contribution in [0.2, 0.25) is 0 Å². The summed E-state index contributed by atoms with van der Waals surface area (Å²) in [5.41, 5.74) is 0.819. The van der Waals surface area contributed by atoms with Crippen molar-refractivity contribution < 1.29 is 23.7 Å². The average molecular weight is 465 g/mol. The van der Waals surface area contributed by atoms with Crippen LogP contribution in [0.15, 0.2) is 46.4 Å². The van der Waals surface area contributed by atoms with Crippen LogP contribution in [0.1, 0.15) is 33.5 Å². The number of nitro benzene ring substituents is 1. The fraction of sp³-hybridized carbons (Fsp3) is 0.174. The first-order valence-electron chi connectivity index (χ1n) is 9.80. The largest absolute Gasteiger partial charge is 0.462 e. The van der Waals surface area contributed by atoms with Gasteiger partial charge in [-0.25, -0.2) is 4.79 Å². The molecule has 0 saturated heterocycles. The van der Waals surface area contributed by atoms with Crippen molar-refractivity contribution in [1.29, 1.82) is 5.26 Å². The molecule has 0 radical (unpaired) electrons. The van der Waals surface area contributed by atoms with Gasteiger partial charge in [0.05, 0.1) is 22.7 Å². The molecular weight excluding hydrogens is 446 g/mol. The first kappa shape index (κ1) is 23.4. The van der Waals surface area contributed by atoms with E-state index >= 15 is 0 Å². The van der Waals surface area contributed by atoms with Crippen LogP contribution in [-0.4, -0.2) is 23.4 Å². The highest BCUT2D eigenvalue weighted by atomic mass is 32.1. The molecular formula is C23H19N3O6S. The van der Waals surface area contributed by atoms with E-state index in [1.807, 2.05) is 13.0 Å². The minimum absolute atomic E-state index is 0.129. The number of aryl methyl sites for hydroxylation is 1. The minimum atomic E-state index is -0.729. The number of nitro groups is 1. The molecule has 0 atom stereocenters. The lowest BCUT2D eigenvalue weighted by Crippen LogP contribution is -2.16. The number of ether oxygens (including phenoxy) is 1. The predicted octanol–water partition coefficient (Wildman–Crippen LogP) is 5.26. The van der Waals surface area contributed by atoms with E-state index in [0.29, 0.717) is 5.56 Å². The van der Waals surface area contributed by atoms with E-state index in [9.17, 15) is 25.0 Å². The zero-order valence-electron chi connectivity index (χ0n) is 18.0. The first-order valence-corrected chi connectivity index (χ1v) is 10.6. The third-order valence-electron chi connectivity index (χ3n) is 4.74. The number of rotatable bonds is 7. The summed E-state index contributed by atoms with van der Waals surface area (Å²) in [4.78, 5) is 36.6. The van der Waals surface area contributed by atoms with Gasteiger partial charge in [0.15, 0.2) is 0 Å². The van der Waals surface area contributed by atoms with Crippen molar-refractivity contribution in [1.82, 2.24) is 0 Å². The summed E-state index contributed by atoms with van der Waals surface area (Å²) >= 11 is 1.21. The van der Waals surface area contributed by atoms with Gasteiger partial charge in [-0.1, -0.05) is 12.1 Å². The summed E-state index contributed by atoms with van der Waals surface area (Å²) < 4.78 is 10.7. The Morgan fingerprint density at radius 1 is 1.27 bits per heavy atom. The molecule has 10 heteroatoms. The van der Waals surface area contributed by atoms with Gasteiger partial charge in [0.2, 0.25) is 0 Å². The zero-order chi connectivity index (χ0) is 24.1. The maximum atomic E-state index is 12.7. The minimum Gasteiger partial charge on any atom is -0.462 e. The molecule has 1 aromatic carbocycles. The molecule has 0 saturated carbocycles. The highest BCUT2D eigenvalue weighted by Gasteiger charge is 2.23. The number of carbonyl (C=O) groups excluding carboxylic acids is 2. The Bertz CT molecular complexity index is 1310. The van der Waals surface area contributed by atoms with Gasteiger partial charge in [0, 0.05) is 17.0 Å². The Morgan fingerprint density at radius 3 is 2.67 bits per heavy atom. The van der Waals surface area contributed by atoms with Crippen molar-refractivity contribution in [2.75, 3.05) is 11.9 Å². The monoisotopic (exact) mass is 465 g/mol. The van der Waals surface area contributed by atoms with Crippen molar-refractivity contribution in [2.24, 2.45) is 0 Å². The van der Waals surface area contributed by atoms with E-state index in [1.165, 1.54) is 35.6 Å². The van der Waals surface area contributed by atoms with Crippen LogP contribution in [0.4, 0.5) is 10.7 Å². The number of hydrogen-bond acceptors (Lipinski definition) is 8. The van der Waals surface area contributed by atoms with Crippen LogP contribution in [-0.2, 0) is 9.53 Å². The number of nitrogens with one attached hydrogen (secondary N) is 1. The first-order chi connectivity index (χ1) is 15.8. The SMILES string of the molecule is CCOC(=O)c1c(NC(=O)C(C#N)=Cc2ccc(-c3ccccc3[N+](=O)[O-])o2)sc(C)c1C. The molecule has 3 rings (SSSR count). The van der Waals surface area contributed by atoms with Crippen LogP contribution in [0.3, 0.4) is 0 Å². The van der Waals surface area contributed by atoms with Gasteiger partial charge < -0.3 is 14.5 Å². The third-order valence-corrected chi connectivity index (χ3v) is 5.86. The van der Waals surface area contributed by atoms with Gasteiger partial charge in [0.1, 0.15) is 28.2 Å². The molecule has 0 unspecified atom stereocenters. The molecule has 0 spiro atoms. The quantitative estimate of drug-likeness (QED) is 0.165. The Balaban J connectivity index is 1.89. The lowest BCUT2D eigenvalue weighted by Gasteiger charge is -2.06. The molecule has 0 aliphatic heterocycles. The number of thiophene rings is 1. The van der Waals surface area contributed by atoms with Crippen molar-refractivity contribution in [3.05, 3.63) is 73.8 Å². The second-order valence-electron chi connectivity index (χ2n) is 6.81. The van der Waals surface area contributed by atoms with Crippen LogP contribution in [0.25, 0.3) is 17.4 Å². The van der Waals surface area contributed by atoms with E-state index in [0.717, 1.165) is 4.88 Å². The Labute approximate surface area is 193 Å². The van der Waals surface area contributed by atoms with Gasteiger partial charge in [-0.15, -0.1) is 11.3 Å². The zero-order valence-corrected chi connectivity index (χ0v) is 18.8. The highest BCUT2D eigenvalue weighted by molar-refractivity contribution is 7.16. The number of hydrogen-bond donors (Lipinski definition) is 1. The molecule has 0 aliphatic carbocycles. The number of furan rings is 1. The van der Waals surface area contributed by atoms with Crippen LogP contribution < -0.4 is 5.32 Å². The molecule has 0 fully saturated rings. The highest BCUT2D eigenvalue weighted by Crippen LogP contribution is 2.34. The summed E-state index contributed by atoms with van der Waals surface area (Å²) in [7, 11) is 0. The van der Waals surface area contributed by atoms with Gasteiger partial charge in [-0.2, -0.15) is 5.26 Å². The van der Waals surface area contributed by atoms with Crippen molar-refractivity contribution in [3.8, 4) is 17.4 Å². The van der Waals surface area contributed by atoms with E-state index in [4.69, 9.17) is 9.15 Å². The van der Waals surface area contributed by atoms with Gasteiger partial charge in [-0.05, 0) is 44.5 Å². The molecule has 9 nitrogen and oxygen atoms in total. The number of benzene rings is 1. The number of amides is 1. The van der Waals surface area contributed by atoms with E-state index in [2.05, 4.69) is 5.32 Å². The Kier molecular flexibility index (Phi) is 7.05. The number of nitrogens with zero attached hydrogens (tertiary/aromatic N) is 2. The molecule has 0 bridgehead atoms. The molecule has 1 N–H and O–H groups in total. The fourth-order valence-electron chi connectivity index (χ4n) is 3.04. The Hall–Kier alpha value is -4.23. The summed E-state index contributed by atoms with van der Waals surface area (Å²) in [6.07, 6.45) is 1.23. The molecule has 168 valence electrons. The predicted molar refractivity (Wildman–Crippen MR) is 123 cm³/mol. The number of para-hydroxylation sites is 1. The van der Waals surface area contributed by atoms with Gasteiger partial charge >= 0.3 is 5.97 Å². The summed E-state index contributed by atoms with van der Waals surface area (Å²) in [6.45, 7) is 5.43. The number of esters is 1. The van der Waals surface area contributed by atoms with E-state index in [1.54, 1.807) is 32.0 Å². The average Bonchev–Trinajstić information content (AvgIpc) is 3.36. The third kappa shape index (κ3) is 4.99. The molecule has 1 amide bonds. The lowest BCUT2D eigenvalue weighted by atomic mass is 10.1. The maximum absolute atomic E-state index is 12.7. The smallest absolute Gasteiger partial charge is 0.341 e. The van der Waals surface area contributed by atoms with Crippen LogP contribution >= 0.6 is 11.3 Å². The second-order valence-corrected chi connectivity index (χ2v) is 8.03. The normalized spacial score (nSPS) is 11.0. The van der Waals surface area contributed by atoms with E-state index < -0.39 is 16.8 Å². The number of nitriles is 1. The molecule has 2 heterocycles. The fourth-order valence-corrected chi connectivity index (χ4v) is 4.09. The van der Waals surface area contributed by atoms with Gasteiger partial charge in [0.25, 0.3) is 11.6 Å². The summed E-state index contributed by atoms with van der Waals surface area (Å²) in [5, 5.41) is 23.6. The van der Waals surface area contributed by atoms with Crippen molar-refractivity contribution >= 4 is 40.0 Å². The van der Waals surface area contributed by atoms with Crippen molar-refractivity contribution in [2.45, 2.75) is 20.8 Å². The maximum Gasteiger partial charge on any atom is 0.341 e. The van der Waals surface area contributed by atoms with Gasteiger partial charge in [-0.3, -0.25) is 14.9 Å². The molecule has 3 aromatic rings. The molecule has 2 aromatic heterocycles. The molecule has 33 heavy (non-hydrogen) atoms. The molecule has 0 aliphatic rings. The standard InChI is InChI=1S/C23H19N3O6S/c1-4-31-23(28)20-13(2)14(3)33-22(20)25-21(27)15(12-24)11-16-9-10-19(32-16)17-7-5-6-8-18(17)26(29)30/h5-11H,4H2,1-3H3,(H,25,27).